The standard InChI is InChI=1S/C31H36N4O7/c1-5-25-29(19(3)42-33-25)31(38)35-11-10-27-26(16-35)32-28(36)17-34(4)30(37)21-13-23(39-6-2)15-24(14-21)41-22-9-7-8-20(12-22)18-40-27/h7-9,12-15,26-27H,5-6,10-11,16-18H2,1-4H3,(H,32,36)/t26-,27+/m0/s1. The number of aromatic nitrogens is 1. The molecule has 0 aliphatic carbocycles. The molecule has 3 heterocycles. The highest BCUT2D eigenvalue weighted by molar-refractivity contribution is 5.97. The SMILES string of the molecule is CCOc1cc2cc(c1)C(=O)N(C)CC(=O)N[C@H]1CN(C(=O)c3c(CC)noc3C)CC[C@H]1OCc1cccc(c1)O2. The van der Waals surface area contributed by atoms with Crippen molar-refractivity contribution in [1.82, 2.24) is 20.3 Å². The maximum absolute atomic E-state index is 13.5. The van der Waals surface area contributed by atoms with Crippen molar-refractivity contribution in [2.45, 2.75) is 52.4 Å². The predicted octanol–water partition coefficient (Wildman–Crippen LogP) is 3.74. The smallest absolute Gasteiger partial charge is 0.259 e. The second-order valence-electron chi connectivity index (χ2n) is 10.5. The van der Waals surface area contributed by atoms with Crippen molar-refractivity contribution in [3.63, 3.8) is 0 Å². The second-order valence-corrected chi connectivity index (χ2v) is 10.5. The fraction of sp³-hybridized carbons (Fsp3) is 0.419. The summed E-state index contributed by atoms with van der Waals surface area (Å²) >= 11 is 0. The van der Waals surface area contributed by atoms with Crippen LogP contribution < -0.4 is 14.8 Å². The number of hydrogen-bond acceptors (Lipinski definition) is 8. The van der Waals surface area contributed by atoms with Crippen LogP contribution in [0.2, 0.25) is 0 Å². The zero-order valence-corrected chi connectivity index (χ0v) is 24.3. The number of nitrogens with one attached hydrogen (secondary N) is 1. The van der Waals surface area contributed by atoms with Crippen LogP contribution in [0.1, 0.15) is 58.0 Å². The van der Waals surface area contributed by atoms with Gasteiger partial charge in [-0.15, -0.1) is 0 Å². The third-order valence-corrected chi connectivity index (χ3v) is 7.43. The van der Waals surface area contributed by atoms with Gasteiger partial charge in [0, 0.05) is 31.8 Å². The lowest BCUT2D eigenvalue weighted by Gasteiger charge is -2.39. The Morgan fingerprint density at radius 3 is 2.76 bits per heavy atom. The monoisotopic (exact) mass is 576 g/mol. The van der Waals surface area contributed by atoms with E-state index in [1.54, 1.807) is 37.1 Å². The summed E-state index contributed by atoms with van der Waals surface area (Å²) in [6.07, 6.45) is 0.723. The Morgan fingerprint density at radius 2 is 1.98 bits per heavy atom. The molecule has 3 amide bonds. The lowest BCUT2D eigenvalue weighted by molar-refractivity contribution is -0.124. The van der Waals surface area contributed by atoms with Gasteiger partial charge >= 0.3 is 0 Å². The Labute approximate surface area is 244 Å². The fourth-order valence-electron chi connectivity index (χ4n) is 5.35. The summed E-state index contributed by atoms with van der Waals surface area (Å²) in [6, 6.07) is 12.0. The number of fused-ring (bicyclic) bond motifs is 5. The van der Waals surface area contributed by atoms with Crippen molar-refractivity contribution in [2.24, 2.45) is 0 Å². The molecule has 1 fully saturated rings. The molecule has 4 bridgehead atoms. The average molecular weight is 577 g/mol. The lowest BCUT2D eigenvalue weighted by atomic mass is 10.00. The molecule has 0 unspecified atom stereocenters. The minimum Gasteiger partial charge on any atom is -0.494 e. The molecule has 2 aliphatic rings. The van der Waals surface area contributed by atoms with E-state index in [4.69, 9.17) is 18.7 Å². The quantitative estimate of drug-likeness (QED) is 0.498. The minimum absolute atomic E-state index is 0.186. The van der Waals surface area contributed by atoms with Crippen LogP contribution >= 0.6 is 0 Å². The number of carbonyl (C=O) groups excluding carboxylic acids is 3. The number of aryl methyl sites for hydroxylation is 2. The van der Waals surface area contributed by atoms with E-state index in [9.17, 15) is 14.4 Å². The molecule has 2 aromatic carbocycles. The van der Waals surface area contributed by atoms with E-state index in [0.717, 1.165) is 5.56 Å². The predicted molar refractivity (Wildman–Crippen MR) is 153 cm³/mol. The van der Waals surface area contributed by atoms with Gasteiger partial charge in [-0.1, -0.05) is 24.2 Å². The topological polar surface area (TPSA) is 123 Å². The maximum Gasteiger partial charge on any atom is 0.259 e. The number of hydrogen-bond donors (Lipinski definition) is 1. The molecule has 1 aromatic heterocycles. The first-order chi connectivity index (χ1) is 20.2. The van der Waals surface area contributed by atoms with Crippen LogP contribution in [0.15, 0.2) is 47.0 Å². The van der Waals surface area contributed by atoms with Crippen LogP contribution in [-0.2, 0) is 22.6 Å². The lowest BCUT2D eigenvalue weighted by Crippen LogP contribution is -2.58. The minimum atomic E-state index is -0.496. The Balaban J connectivity index is 1.43. The van der Waals surface area contributed by atoms with Crippen molar-refractivity contribution < 1.29 is 33.1 Å². The first-order valence-electron chi connectivity index (χ1n) is 14.2. The van der Waals surface area contributed by atoms with E-state index in [1.807, 2.05) is 38.1 Å². The number of rotatable bonds is 4. The largest absolute Gasteiger partial charge is 0.494 e. The molecule has 11 heteroatoms. The van der Waals surface area contributed by atoms with E-state index < -0.39 is 6.04 Å². The zero-order chi connectivity index (χ0) is 29.8. The average Bonchev–Trinajstić information content (AvgIpc) is 3.35. The molecule has 1 N–H and O–H groups in total. The molecule has 0 spiro atoms. The molecule has 11 nitrogen and oxygen atoms in total. The highest BCUT2D eigenvalue weighted by atomic mass is 16.5. The van der Waals surface area contributed by atoms with Gasteiger partial charge in [0.15, 0.2) is 0 Å². The zero-order valence-electron chi connectivity index (χ0n) is 24.3. The molecule has 222 valence electrons. The highest BCUT2D eigenvalue weighted by Crippen LogP contribution is 2.30. The fourth-order valence-corrected chi connectivity index (χ4v) is 5.35. The maximum atomic E-state index is 13.5. The van der Waals surface area contributed by atoms with Crippen LogP contribution in [0.25, 0.3) is 0 Å². The number of benzene rings is 2. The second kappa shape index (κ2) is 12.6. The molecule has 1 saturated heterocycles. The van der Waals surface area contributed by atoms with Gasteiger partial charge in [0.2, 0.25) is 5.91 Å². The van der Waals surface area contributed by atoms with Gasteiger partial charge in [0.05, 0.1) is 37.6 Å². The van der Waals surface area contributed by atoms with Crippen LogP contribution in [0.5, 0.6) is 17.2 Å². The molecule has 0 saturated carbocycles. The molecule has 0 radical (unpaired) electrons. The van der Waals surface area contributed by atoms with Crippen molar-refractivity contribution >= 4 is 17.7 Å². The van der Waals surface area contributed by atoms with E-state index in [0.29, 0.717) is 65.8 Å². The summed E-state index contributed by atoms with van der Waals surface area (Å²) in [4.78, 5) is 43.2. The molecular formula is C31H36N4O7. The summed E-state index contributed by atoms with van der Waals surface area (Å²) in [6.45, 7) is 6.70. The Morgan fingerprint density at radius 1 is 1.14 bits per heavy atom. The molecular weight excluding hydrogens is 540 g/mol. The first kappa shape index (κ1) is 29.1. The Kier molecular flexibility index (Phi) is 8.77. The number of nitrogens with zero attached hydrogens (tertiary/aromatic N) is 3. The molecule has 5 rings (SSSR count). The van der Waals surface area contributed by atoms with Crippen LogP contribution in [0.3, 0.4) is 0 Å². The number of piperidine rings is 1. The van der Waals surface area contributed by atoms with E-state index >= 15 is 0 Å². The number of amides is 3. The van der Waals surface area contributed by atoms with Crippen LogP contribution in [-0.4, -0.2) is 78.1 Å². The number of carbonyl (C=O) groups is 3. The third-order valence-electron chi connectivity index (χ3n) is 7.43. The summed E-state index contributed by atoms with van der Waals surface area (Å²) in [5.41, 5.74) is 2.29. The van der Waals surface area contributed by atoms with Crippen molar-refractivity contribution in [1.29, 1.82) is 0 Å². The Bertz CT molecular complexity index is 1470. The summed E-state index contributed by atoms with van der Waals surface area (Å²) in [5, 5.41) is 7.05. The van der Waals surface area contributed by atoms with Gasteiger partial charge in [0.1, 0.15) is 28.6 Å². The van der Waals surface area contributed by atoms with Crippen molar-refractivity contribution in [3.05, 3.63) is 70.6 Å². The van der Waals surface area contributed by atoms with E-state index in [1.165, 1.54) is 4.90 Å². The molecule has 42 heavy (non-hydrogen) atoms. The van der Waals surface area contributed by atoms with Crippen molar-refractivity contribution in [2.75, 3.05) is 33.3 Å². The number of likely N-dealkylation sites (N-methyl/N-ethyl adjacent to an activating group) is 1. The van der Waals surface area contributed by atoms with Gasteiger partial charge in [-0.05, 0) is 56.5 Å². The molecule has 2 aliphatic heterocycles. The Hall–Kier alpha value is -4.38. The summed E-state index contributed by atoms with van der Waals surface area (Å²) in [7, 11) is 1.56. The van der Waals surface area contributed by atoms with Crippen molar-refractivity contribution in [3.8, 4) is 17.2 Å². The highest BCUT2D eigenvalue weighted by Gasteiger charge is 2.36. The molecule has 2 atom stereocenters. The first-order valence-corrected chi connectivity index (χ1v) is 14.2. The summed E-state index contributed by atoms with van der Waals surface area (Å²) in [5.74, 6) is 1.08. The van der Waals surface area contributed by atoms with E-state index in [2.05, 4.69) is 10.5 Å². The molecule has 3 aromatic rings. The van der Waals surface area contributed by atoms with Crippen LogP contribution in [0.4, 0.5) is 0 Å². The van der Waals surface area contributed by atoms with Gasteiger partial charge in [-0.2, -0.15) is 0 Å². The van der Waals surface area contributed by atoms with Crippen LogP contribution in [0, 0.1) is 6.92 Å². The van der Waals surface area contributed by atoms with Gasteiger partial charge in [-0.25, -0.2) is 0 Å². The van der Waals surface area contributed by atoms with Gasteiger partial charge in [-0.3, -0.25) is 14.4 Å². The van der Waals surface area contributed by atoms with Gasteiger partial charge < -0.3 is 33.9 Å². The summed E-state index contributed by atoms with van der Waals surface area (Å²) < 4.78 is 23.4. The number of ether oxygens (including phenoxy) is 3. The normalized spacial score (nSPS) is 19.5. The van der Waals surface area contributed by atoms with E-state index in [-0.39, 0.29) is 43.5 Å². The third kappa shape index (κ3) is 6.41. The number of likely N-dealkylation sites (tertiary alicyclic amines) is 1. The van der Waals surface area contributed by atoms with Gasteiger partial charge in [0.25, 0.3) is 11.8 Å².